The summed E-state index contributed by atoms with van der Waals surface area (Å²) in [7, 11) is 2.19. The van der Waals surface area contributed by atoms with Gasteiger partial charge in [-0.1, -0.05) is 6.07 Å². The smallest absolute Gasteiger partial charge is 0.128 e. The highest BCUT2D eigenvalue weighted by Crippen LogP contribution is 2.44. The molecule has 1 aromatic rings. The third-order valence-electron chi connectivity index (χ3n) is 4.71. The van der Waals surface area contributed by atoms with Crippen LogP contribution in [0, 0.1) is 0 Å². The van der Waals surface area contributed by atoms with E-state index in [9.17, 15) is 5.11 Å². The Morgan fingerprint density at radius 2 is 2.05 bits per heavy atom. The Morgan fingerprint density at radius 3 is 2.76 bits per heavy atom. The van der Waals surface area contributed by atoms with Gasteiger partial charge in [-0.2, -0.15) is 0 Å². The minimum atomic E-state index is -0.200. The molecule has 1 N–H and O–H groups in total. The van der Waals surface area contributed by atoms with Crippen LogP contribution in [0.3, 0.4) is 0 Å². The zero-order valence-corrected chi connectivity index (χ0v) is 13.5. The fraction of sp³-hybridized carbons (Fsp3) is 0.647. The highest BCUT2D eigenvalue weighted by atomic mass is 16.5. The van der Waals surface area contributed by atoms with Gasteiger partial charge < -0.3 is 14.7 Å². The van der Waals surface area contributed by atoms with Crippen molar-refractivity contribution in [2.24, 2.45) is 0 Å². The molecule has 2 heterocycles. The number of phenolic OH excluding ortho intramolecular Hbond substituents is 1. The minimum absolute atomic E-state index is 0.200. The van der Waals surface area contributed by atoms with Crippen molar-refractivity contribution in [2.45, 2.75) is 44.9 Å². The maximum Gasteiger partial charge on any atom is 0.128 e. The highest BCUT2D eigenvalue weighted by molar-refractivity contribution is 5.44. The Balaban J connectivity index is 1.95. The van der Waals surface area contributed by atoms with Gasteiger partial charge in [-0.05, 0) is 33.9 Å². The molecule has 2 unspecified atom stereocenters. The van der Waals surface area contributed by atoms with Crippen molar-refractivity contribution in [3.63, 3.8) is 0 Å². The standard InChI is InChI=1S/C17H26N2O2/c1-12-11-18(4)7-8-19(12)15-10-17(2,3)21-16-9-13(20)5-6-14(15)16/h5-6,9,12,15,20H,7-8,10-11H2,1-4H3. The molecule has 2 aliphatic rings. The molecule has 0 radical (unpaired) electrons. The van der Waals surface area contributed by atoms with Crippen molar-refractivity contribution < 1.29 is 9.84 Å². The van der Waals surface area contributed by atoms with E-state index in [1.54, 1.807) is 12.1 Å². The second kappa shape index (κ2) is 5.18. The Morgan fingerprint density at radius 1 is 1.29 bits per heavy atom. The Kier molecular flexibility index (Phi) is 3.62. The van der Waals surface area contributed by atoms with Crippen LogP contribution in [0.4, 0.5) is 0 Å². The van der Waals surface area contributed by atoms with Crippen molar-refractivity contribution in [3.05, 3.63) is 23.8 Å². The Bertz CT molecular complexity index is 530. The van der Waals surface area contributed by atoms with Crippen LogP contribution in [0.1, 0.15) is 38.8 Å². The summed E-state index contributed by atoms with van der Waals surface area (Å²) >= 11 is 0. The third kappa shape index (κ3) is 2.87. The number of nitrogens with zero attached hydrogens (tertiary/aromatic N) is 2. The third-order valence-corrected chi connectivity index (χ3v) is 4.71. The van der Waals surface area contributed by atoms with Crippen LogP contribution in [-0.4, -0.2) is 53.2 Å². The summed E-state index contributed by atoms with van der Waals surface area (Å²) < 4.78 is 6.08. The van der Waals surface area contributed by atoms with E-state index < -0.39 is 0 Å². The number of aromatic hydroxyl groups is 1. The fourth-order valence-electron chi connectivity index (χ4n) is 3.71. The lowest BCUT2D eigenvalue weighted by atomic mass is 9.87. The molecule has 0 spiro atoms. The number of piperazine rings is 1. The van der Waals surface area contributed by atoms with E-state index >= 15 is 0 Å². The van der Waals surface area contributed by atoms with Crippen LogP contribution in [0.15, 0.2) is 18.2 Å². The van der Waals surface area contributed by atoms with Crippen molar-refractivity contribution in [3.8, 4) is 11.5 Å². The second-order valence-electron chi connectivity index (χ2n) is 7.15. The molecule has 2 atom stereocenters. The van der Waals surface area contributed by atoms with Gasteiger partial charge in [0.1, 0.15) is 17.1 Å². The molecule has 1 fully saturated rings. The van der Waals surface area contributed by atoms with Crippen molar-refractivity contribution in [2.75, 3.05) is 26.7 Å². The highest BCUT2D eigenvalue weighted by Gasteiger charge is 2.39. The number of likely N-dealkylation sites (N-methyl/N-ethyl adjacent to an activating group) is 1. The first-order chi connectivity index (χ1) is 9.85. The van der Waals surface area contributed by atoms with Crippen molar-refractivity contribution >= 4 is 0 Å². The number of ether oxygens (including phenoxy) is 1. The molecule has 0 bridgehead atoms. The predicted octanol–water partition coefficient (Wildman–Crippen LogP) is 2.63. The van der Waals surface area contributed by atoms with Gasteiger partial charge in [0.25, 0.3) is 0 Å². The summed E-state index contributed by atoms with van der Waals surface area (Å²) in [4.78, 5) is 4.99. The fourth-order valence-corrected chi connectivity index (χ4v) is 3.71. The quantitative estimate of drug-likeness (QED) is 0.862. The summed E-state index contributed by atoms with van der Waals surface area (Å²) in [6, 6.07) is 6.45. The zero-order chi connectivity index (χ0) is 15.2. The topological polar surface area (TPSA) is 35.9 Å². The number of benzene rings is 1. The van der Waals surface area contributed by atoms with E-state index in [1.807, 2.05) is 6.07 Å². The summed E-state index contributed by atoms with van der Waals surface area (Å²) in [5, 5.41) is 9.74. The monoisotopic (exact) mass is 290 g/mol. The van der Waals surface area contributed by atoms with Crippen LogP contribution in [0.5, 0.6) is 11.5 Å². The number of phenols is 1. The van der Waals surface area contributed by atoms with E-state index in [2.05, 4.69) is 37.6 Å². The maximum atomic E-state index is 9.74. The molecule has 0 aromatic heterocycles. The van der Waals surface area contributed by atoms with Crippen LogP contribution in [0.2, 0.25) is 0 Å². The molecule has 1 aromatic carbocycles. The van der Waals surface area contributed by atoms with Gasteiger partial charge in [-0.3, -0.25) is 4.90 Å². The first-order valence-corrected chi connectivity index (χ1v) is 7.82. The van der Waals surface area contributed by atoms with E-state index in [4.69, 9.17) is 4.74 Å². The lowest BCUT2D eigenvalue weighted by molar-refractivity contribution is -0.00613. The molecule has 4 heteroatoms. The molecule has 21 heavy (non-hydrogen) atoms. The van der Waals surface area contributed by atoms with Crippen molar-refractivity contribution in [1.29, 1.82) is 0 Å². The SMILES string of the molecule is CC1CN(C)CCN1C1CC(C)(C)Oc2cc(O)ccc21. The van der Waals surface area contributed by atoms with Gasteiger partial charge >= 0.3 is 0 Å². The first kappa shape index (κ1) is 14.7. The molecular formula is C17H26N2O2. The molecule has 1 saturated heterocycles. The first-order valence-electron chi connectivity index (χ1n) is 7.82. The summed E-state index contributed by atoms with van der Waals surface area (Å²) in [5.74, 6) is 1.11. The molecule has 0 aliphatic carbocycles. The van der Waals surface area contributed by atoms with E-state index in [0.29, 0.717) is 12.1 Å². The number of fused-ring (bicyclic) bond motifs is 1. The number of hydrogen-bond acceptors (Lipinski definition) is 4. The molecule has 0 saturated carbocycles. The van der Waals surface area contributed by atoms with Gasteiger partial charge in [-0.25, -0.2) is 0 Å². The van der Waals surface area contributed by atoms with Gasteiger partial charge in [-0.15, -0.1) is 0 Å². The van der Waals surface area contributed by atoms with Gasteiger partial charge in [0.15, 0.2) is 0 Å². The minimum Gasteiger partial charge on any atom is -0.508 e. The normalized spacial score (nSPS) is 29.7. The van der Waals surface area contributed by atoms with Crippen molar-refractivity contribution in [1.82, 2.24) is 9.80 Å². The zero-order valence-electron chi connectivity index (χ0n) is 13.5. The van der Waals surface area contributed by atoms with Gasteiger partial charge in [0, 0.05) is 49.8 Å². The molecule has 0 amide bonds. The maximum absolute atomic E-state index is 9.74. The molecule has 3 rings (SSSR count). The largest absolute Gasteiger partial charge is 0.508 e. The van der Waals surface area contributed by atoms with Crippen LogP contribution < -0.4 is 4.74 Å². The van der Waals surface area contributed by atoms with Gasteiger partial charge in [0.2, 0.25) is 0 Å². The lowest BCUT2D eigenvalue weighted by Crippen LogP contribution is -2.53. The molecule has 2 aliphatic heterocycles. The average Bonchev–Trinajstić information content (AvgIpc) is 2.36. The number of hydrogen-bond donors (Lipinski definition) is 1. The lowest BCUT2D eigenvalue weighted by Gasteiger charge is -2.47. The Hall–Kier alpha value is -1.26. The van der Waals surface area contributed by atoms with E-state index in [-0.39, 0.29) is 11.4 Å². The molecule has 116 valence electrons. The van der Waals surface area contributed by atoms with E-state index in [0.717, 1.165) is 31.8 Å². The summed E-state index contributed by atoms with van der Waals surface area (Å²) in [6.45, 7) is 9.86. The van der Waals surface area contributed by atoms with Crippen LogP contribution in [0.25, 0.3) is 0 Å². The van der Waals surface area contributed by atoms with Crippen LogP contribution >= 0.6 is 0 Å². The van der Waals surface area contributed by atoms with Gasteiger partial charge in [0.05, 0.1) is 0 Å². The molecule has 4 nitrogen and oxygen atoms in total. The van der Waals surface area contributed by atoms with Crippen LogP contribution in [-0.2, 0) is 0 Å². The summed E-state index contributed by atoms with van der Waals surface area (Å²) in [6.07, 6.45) is 0.985. The Labute approximate surface area is 127 Å². The molecular weight excluding hydrogens is 264 g/mol. The number of rotatable bonds is 1. The predicted molar refractivity (Wildman–Crippen MR) is 83.8 cm³/mol. The summed E-state index contributed by atoms with van der Waals surface area (Å²) in [5.41, 5.74) is 1.01. The second-order valence-corrected chi connectivity index (χ2v) is 7.15. The van der Waals surface area contributed by atoms with E-state index in [1.165, 1.54) is 5.56 Å². The average molecular weight is 290 g/mol.